The maximum atomic E-state index is 11.2. The first-order valence-electron chi connectivity index (χ1n) is 9.28. The predicted octanol–water partition coefficient (Wildman–Crippen LogP) is 2.90. The van der Waals surface area contributed by atoms with Crippen LogP contribution in [0.5, 0.6) is 11.5 Å². The normalized spacial score (nSPS) is 14.4. The molecule has 0 spiro atoms. The SMILES string of the molecule is CC(Cc1cc(O)ccc1-c1ccc(O)cc1CC(C)CS(=O)(=O)O)CS(=O)(=O)O. The van der Waals surface area contributed by atoms with Gasteiger partial charge < -0.3 is 10.2 Å². The van der Waals surface area contributed by atoms with Gasteiger partial charge in [-0.15, -0.1) is 0 Å². The van der Waals surface area contributed by atoms with Crippen LogP contribution in [-0.2, 0) is 33.1 Å². The lowest BCUT2D eigenvalue weighted by Crippen LogP contribution is -2.16. The number of phenols is 2. The molecular weight excluding hydrogens is 432 g/mol. The molecule has 166 valence electrons. The molecule has 2 atom stereocenters. The fraction of sp³-hybridized carbons (Fsp3) is 0.400. The highest BCUT2D eigenvalue weighted by molar-refractivity contribution is 7.86. The molecule has 0 fully saturated rings. The monoisotopic (exact) mass is 458 g/mol. The summed E-state index contributed by atoms with van der Waals surface area (Å²) in [6.07, 6.45) is 0.509. The van der Waals surface area contributed by atoms with Crippen LogP contribution < -0.4 is 0 Å². The summed E-state index contributed by atoms with van der Waals surface area (Å²) >= 11 is 0. The second-order valence-corrected chi connectivity index (χ2v) is 10.8. The summed E-state index contributed by atoms with van der Waals surface area (Å²) in [6.45, 7) is 3.32. The van der Waals surface area contributed by atoms with Gasteiger partial charge in [-0.25, -0.2) is 0 Å². The second kappa shape index (κ2) is 9.34. The van der Waals surface area contributed by atoms with Gasteiger partial charge in [0.1, 0.15) is 11.5 Å². The Morgan fingerprint density at radius 1 is 0.700 bits per heavy atom. The Balaban J connectivity index is 2.46. The zero-order valence-corrected chi connectivity index (χ0v) is 18.3. The van der Waals surface area contributed by atoms with Crippen molar-refractivity contribution >= 4 is 20.2 Å². The van der Waals surface area contributed by atoms with E-state index in [1.165, 1.54) is 24.3 Å². The van der Waals surface area contributed by atoms with Crippen molar-refractivity contribution < 1.29 is 36.2 Å². The first-order chi connectivity index (χ1) is 13.7. The molecule has 30 heavy (non-hydrogen) atoms. The van der Waals surface area contributed by atoms with Crippen molar-refractivity contribution in [1.82, 2.24) is 0 Å². The van der Waals surface area contributed by atoms with Crippen LogP contribution in [0.2, 0.25) is 0 Å². The molecule has 8 nitrogen and oxygen atoms in total. The minimum Gasteiger partial charge on any atom is -0.508 e. The third-order valence-electron chi connectivity index (χ3n) is 4.59. The van der Waals surface area contributed by atoms with Crippen LogP contribution in [0.15, 0.2) is 36.4 Å². The molecule has 0 bridgehead atoms. The molecule has 0 heterocycles. The van der Waals surface area contributed by atoms with Crippen molar-refractivity contribution in [1.29, 1.82) is 0 Å². The van der Waals surface area contributed by atoms with Crippen LogP contribution in [0.1, 0.15) is 25.0 Å². The molecule has 0 saturated heterocycles. The number of hydrogen-bond acceptors (Lipinski definition) is 6. The van der Waals surface area contributed by atoms with E-state index in [1.807, 2.05) is 0 Å². The van der Waals surface area contributed by atoms with Gasteiger partial charge in [0, 0.05) is 0 Å². The molecule has 10 heteroatoms. The van der Waals surface area contributed by atoms with Crippen molar-refractivity contribution in [3.8, 4) is 22.6 Å². The zero-order chi connectivity index (χ0) is 22.7. The van der Waals surface area contributed by atoms with Crippen molar-refractivity contribution in [2.45, 2.75) is 26.7 Å². The molecule has 0 aliphatic heterocycles. The van der Waals surface area contributed by atoms with Crippen LogP contribution in [0.25, 0.3) is 11.1 Å². The van der Waals surface area contributed by atoms with Crippen molar-refractivity contribution in [3.05, 3.63) is 47.5 Å². The minimum absolute atomic E-state index is 0.00660. The third-order valence-corrected chi connectivity index (χ3v) is 6.58. The lowest BCUT2D eigenvalue weighted by Gasteiger charge is -2.19. The standard InChI is InChI=1S/C20H26O8S2/c1-13(11-29(23,24)25)7-15-9-17(21)3-5-19(15)20-6-4-18(22)10-16(20)8-14(2)12-30(26,27)28/h3-6,9-10,13-14,21-22H,7-8,11-12H2,1-2H3,(H,23,24,25)(H,26,27,28). The maximum absolute atomic E-state index is 11.2. The summed E-state index contributed by atoms with van der Waals surface area (Å²) in [5.41, 5.74) is 2.65. The van der Waals surface area contributed by atoms with Crippen LogP contribution in [-0.4, -0.2) is 47.7 Å². The van der Waals surface area contributed by atoms with Crippen molar-refractivity contribution in [3.63, 3.8) is 0 Å². The van der Waals surface area contributed by atoms with Crippen LogP contribution >= 0.6 is 0 Å². The molecular formula is C20H26O8S2. The molecule has 2 unspecified atom stereocenters. The Morgan fingerprint density at radius 3 is 1.33 bits per heavy atom. The summed E-state index contributed by atoms with van der Waals surface area (Å²) in [5, 5.41) is 19.8. The Kier molecular flexibility index (Phi) is 7.51. The molecule has 0 saturated carbocycles. The molecule has 0 aromatic heterocycles. The highest BCUT2D eigenvalue weighted by Gasteiger charge is 2.19. The van der Waals surface area contributed by atoms with Gasteiger partial charge in [-0.3, -0.25) is 9.11 Å². The zero-order valence-electron chi connectivity index (χ0n) is 16.7. The van der Waals surface area contributed by atoms with Crippen LogP contribution in [0, 0.1) is 11.8 Å². The van der Waals surface area contributed by atoms with Gasteiger partial charge in [-0.2, -0.15) is 16.8 Å². The molecule has 4 N–H and O–H groups in total. The fourth-order valence-electron chi connectivity index (χ4n) is 3.61. The Morgan fingerprint density at radius 2 is 1.03 bits per heavy atom. The minimum atomic E-state index is -4.15. The number of rotatable bonds is 9. The molecule has 2 aromatic carbocycles. The van der Waals surface area contributed by atoms with Crippen molar-refractivity contribution in [2.75, 3.05) is 11.5 Å². The van der Waals surface area contributed by atoms with E-state index in [1.54, 1.807) is 26.0 Å². The summed E-state index contributed by atoms with van der Waals surface area (Å²) in [6, 6.07) is 9.29. The molecule has 2 rings (SSSR count). The Hall–Kier alpha value is -2.14. The number of phenolic OH excluding ortho intramolecular Hbond substituents is 2. The summed E-state index contributed by atoms with van der Waals surface area (Å²) < 4.78 is 63.0. The first-order valence-corrected chi connectivity index (χ1v) is 12.5. The van der Waals surface area contributed by atoms with E-state index in [4.69, 9.17) is 9.11 Å². The van der Waals surface area contributed by atoms with Gasteiger partial charge in [0.2, 0.25) is 0 Å². The lowest BCUT2D eigenvalue weighted by molar-refractivity contribution is 0.464. The van der Waals surface area contributed by atoms with E-state index in [2.05, 4.69) is 0 Å². The van der Waals surface area contributed by atoms with E-state index < -0.39 is 43.6 Å². The van der Waals surface area contributed by atoms with Gasteiger partial charge in [0.15, 0.2) is 0 Å². The Labute approximate surface area is 176 Å². The van der Waals surface area contributed by atoms with E-state index in [-0.39, 0.29) is 24.3 Å². The van der Waals surface area contributed by atoms with Gasteiger partial charge in [-0.1, -0.05) is 26.0 Å². The number of benzene rings is 2. The summed E-state index contributed by atoms with van der Waals surface area (Å²) in [5.74, 6) is -1.74. The topological polar surface area (TPSA) is 149 Å². The quantitative estimate of drug-likeness (QED) is 0.419. The second-order valence-electron chi connectivity index (χ2n) is 7.80. The van der Waals surface area contributed by atoms with E-state index in [0.29, 0.717) is 22.3 Å². The van der Waals surface area contributed by atoms with Gasteiger partial charge in [0.05, 0.1) is 11.5 Å². The summed E-state index contributed by atoms with van der Waals surface area (Å²) in [7, 11) is -8.31. The molecule has 0 aliphatic carbocycles. The highest BCUT2D eigenvalue weighted by atomic mass is 32.2. The average molecular weight is 459 g/mol. The molecule has 2 aromatic rings. The van der Waals surface area contributed by atoms with E-state index >= 15 is 0 Å². The number of aromatic hydroxyl groups is 2. The highest BCUT2D eigenvalue weighted by Crippen LogP contribution is 2.34. The fourth-order valence-corrected chi connectivity index (χ4v) is 5.29. The predicted molar refractivity (Wildman–Crippen MR) is 114 cm³/mol. The maximum Gasteiger partial charge on any atom is 0.265 e. The largest absolute Gasteiger partial charge is 0.508 e. The van der Waals surface area contributed by atoms with Gasteiger partial charge in [0.25, 0.3) is 20.2 Å². The van der Waals surface area contributed by atoms with Crippen LogP contribution in [0.4, 0.5) is 0 Å². The van der Waals surface area contributed by atoms with E-state index in [9.17, 15) is 27.0 Å². The van der Waals surface area contributed by atoms with Crippen LogP contribution in [0.3, 0.4) is 0 Å². The molecule has 0 aliphatic rings. The molecule has 0 radical (unpaired) electrons. The van der Waals surface area contributed by atoms with E-state index in [0.717, 1.165) is 0 Å². The third kappa shape index (κ3) is 7.60. The summed E-state index contributed by atoms with van der Waals surface area (Å²) in [4.78, 5) is 0. The Bertz CT molecular complexity index is 1020. The smallest absolute Gasteiger partial charge is 0.265 e. The number of hydrogen-bond donors (Lipinski definition) is 4. The van der Waals surface area contributed by atoms with Crippen molar-refractivity contribution in [2.24, 2.45) is 11.8 Å². The first kappa shape index (κ1) is 24.1. The van der Waals surface area contributed by atoms with Gasteiger partial charge in [-0.05, 0) is 71.2 Å². The molecule has 0 amide bonds. The van der Waals surface area contributed by atoms with Gasteiger partial charge >= 0.3 is 0 Å². The average Bonchev–Trinajstić information content (AvgIpc) is 2.52. The lowest BCUT2D eigenvalue weighted by atomic mass is 9.88.